The van der Waals surface area contributed by atoms with E-state index in [-0.39, 0.29) is 0 Å². The van der Waals surface area contributed by atoms with Crippen molar-refractivity contribution in [3.8, 4) is 0 Å². The lowest BCUT2D eigenvalue weighted by atomic mass is 9.78. The number of aromatic nitrogens is 1. The summed E-state index contributed by atoms with van der Waals surface area (Å²) in [6.07, 6.45) is 3.66. The van der Waals surface area contributed by atoms with Gasteiger partial charge in [0.1, 0.15) is 0 Å². The number of aryl methyl sites for hydroxylation is 1. The molecule has 1 nitrogen and oxygen atoms in total. The molecule has 4 aromatic rings. The molecule has 1 aliphatic carbocycles. The van der Waals surface area contributed by atoms with Crippen molar-refractivity contribution in [1.82, 2.24) is 4.37 Å². The van der Waals surface area contributed by atoms with E-state index in [4.69, 9.17) is 0 Å². The summed E-state index contributed by atoms with van der Waals surface area (Å²) in [5.41, 5.74) is 4.28. The minimum Gasteiger partial charge on any atom is -0.197 e. The molecule has 23 heavy (non-hydrogen) atoms. The van der Waals surface area contributed by atoms with Gasteiger partial charge in [0.05, 0.1) is 5.69 Å². The zero-order valence-corrected chi connectivity index (χ0v) is 13.6. The highest BCUT2D eigenvalue weighted by Crippen LogP contribution is 2.40. The summed E-state index contributed by atoms with van der Waals surface area (Å²) in [6, 6.07) is 20.1. The maximum atomic E-state index is 4.61. The standard InChI is InChI=1S/C21H17NS/c1-2-5-15-14(4-1)8-9-18-16-6-3-7-20(21-12-13-23-22-21)19(16)11-10-17(15)18/h1-2,4-5,8-13,20H,3,6-7H2. The van der Waals surface area contributed by atoms with Crippen LogP contribution >= 0.6 is 11.5 Å². The molecule has 0 aliphatic heterocycles. The van der Waals surface area contributed by atoms with E-state index in [0.29, 0.717) is 5.92 Å². The predicted octanol–water partition coefficient (Wildman–Crippen LogP) is 5.92. The Morgan fingerprint density at radius 2 is 1.78 bits per heavy atom. The van der Waals surface area contributed by atoms with Gasteiger partial charge in [-0.1, -0.05) is 48.5 Å². The predicted molar refractivity (Wildman–Crippen MR) is 98.3 cm³/mol. The molecule has 0 bridgehead atoms. The third kappa shape index (κ3) is 2.02. The molecular weight excluding hydrogens is 298 g/mol. The van der Waals surface area contributed by atoms with E-state index in [2.05, 4.69) is 64.4 Å². The third-order valence-electron chi connectivity index (χ3n) is 5.18. The lowest BCUT2D eigenvalue weighted by Gasteiger charge is -2.26. The second-order valence-electron chi connectivity index (χ2n) is 6.38. The first-order valence-electron chi connectivity index (χ1n) is 8.25. The Balaban J connectivity index is 1.79. The van der Waals surface area contributed by atoms with Crippen LogP contribution in [-0.4, -0.2) is 4.37 Å². The van der Waals surface area contributed by atoms with Gasteiger partial charge in [0.2, 0.25) is 0 Å². The van der Waals surface area contributed by atoms with Gasteiger partial charge >= 0.3 is 0 Å². The molecule has 1 aromatic heterocycles. The number of benzene rings is 3. The molecule has 3 aromatic carbocycles. The zero-order chi connectivity index (χ0) is 15.2. The average molecular weight is 315 g/mol. The number of hydrogen-bond donors (Lipinski definition) is 0. The monoisotopic (exact) mass is 315 g/mol. The summed E-state index contributed by atoms with van der Waals surface area (Å²) in [5, 5.41) is 7.61. The first-order valence-corrected chi connectivity index (χ1v) is 9.09. The lowest BCUT2D eigenvalue weighted by Crippen LogP contribution is -2.11. The van der Waals surface area contributed by atoms with Crippen molar-refractivity contribution in [2.24, 2.45) is 0 Å². The summed E-state index contributed by atoms with van der Waals surface area (Å²) >= 11 is 1.56. The summed E-state index contributed by atoms with van der Waals surface area (Å²) in [6.45, 7) is 0. The molecule has 1 atom stereocenters. The van der Waals surface area contributed by atoms with Crippen molar-refractivity contribution in [3.63, 3.8) is 0 Å². The molecule has 0 amide bonds. The van der Waals surface area contributed by atoms with Crippen molar-refractivity contribution in [1.29, 1.82) is 0 Å². The van der Waals surface area contributed by atoms with Gasteiger partial charge in [-0.15, -0.1) is 0 Å². The van der Waals surface area contributed by atoms with E-state index >= 15 is 0 Å². The summed E-state index contributed by atoms with van der Waals surface area (Å²) in [4.78, 5) is 0. The molecule has 1 aliphatic rings. The maximum absolute atomic E-state index is 4.61. The highest BCUT2D eigenvalue weighted by Gasteiger charge is 2.24. The first-order chi connectivity index (χ1) is 11.4. The van der Waals surface area contributed by atoms with Crippen molar-refractivity contribution >= 4 is 33.1 Å². The molecule has 0 spiro atoms. The van der Waals surface area contributed by atoms with Crippen LogP contribution in [0.4, 0.5) is 0 Å². The van der Waals surface area contributed by atoms with Crippen LogP contribution in [-0.2, 0) is 6.42 Å². The van der Waals surface area contributed by atoms with Crippen LogP contribution in [0.1, 0.15) is 35.6 Å². The van der Waals surface area contributed by atoms with Crippen molar-refractivity contribution in [3.05, 3.63) is 76.8 Å². The first kappa shape index (κ1) is 13.3. The Labute approximate surface area is 139 Å². The number of hydrogen-bond acceptors (Lipinski definition) is 2. The Kier molecular flexibility index (Phi) is 2.98. The molecule has 0 radical (unpaired) electrons. The molecule has 0 saturated heterocycles. The Morgan fingerprint density at radius 1 is 0.870 bits per heavy atom. The van der Waals surface area contributed by atoms with E-state index in [9.17, 15) is 0 Å². The molecule has 0 N–H and O–H groups in total. The maximum Gasteiger partial charge on any atom is 0.0616 e. The van der Waals surface area contributed by atoms with E-state index in [1.165, 1.54) is 57.6 Å². The number of fused-ring (bicyclic) bond motifs is 5. The van der Waals surface area contributed by atoms with Gasteiger partial charge in [-0.25, -0.2) is 0 Å². The van der Waals surface area contributed by atoms with Crippen LogP contribution in [0.25, 0.3) is 21.5 Å². The Hall–Kier alpha value is -2.19. The molecule has 5 rings (SSSR count). The number of rotatable bonds is 1. The average Bonchev–Trinajstić information content (AvgIpc) is 3.15. The normalized spacial score (nSPS) is 17.5. The van der Waals surface area contributed by atoms with Crippen LogP contribution in [0.15, 0.2) is 60.0 Å². The van der Waals surface area contributed by atoms with Crippen molar-refractivity contribution in [2.45, 2.75) is 25.2 Å². The van der Waals surface area contributed by atoms with Crippen LogP contribution < -0.4 is 0 Å². The van der Waals surface area contributed by atoms with E-state index in [0.717, 1.165) is 0 Å². The Morgan fingerprint density at radius 3 is 2.70 bits per heavy atom. The van der Waals surface area contributed by atoms with Gasteiger partial charge in [0.15, 0.2) is 0 Å². The largest absolute Gasteiger partial charge is 0.197 e. The molecule has 2 heteroatoms. The minimum atomic E-state index is 0.473. The van der Waals surface area contributed by atoms with Crippen LogP contribution in [0.5, 0.6) is 0 Å². The highest BCUT2D eigenvalue weighted by atomic mass is 32.1. The quantitative estimate of drug-likeness (QED) is 0.397. The molecule has 112 valence electrons. The second kappa shape index (κ2) is 5.17. The topological polar surface area (TPSA) is 12.9 Å². The summed E-state index contributed by atoms with van der Waals surface area (Å²) in [7, 11) is 0. The molecule has 1 unspecified atom stereocenters. The lowest BCUT2D eigenvalue weighted by molar-refractivity contribution is 0.612. The minimum absolute atomic E-state index is 0.473. The highest BCUT2D eigenvalue weighted by molar-refractivity contribution is 7.03. The summed E-state index contributed by atoms with van der Waals surface area (Å²) in [5.74, 6) is 0.473. The second-order valence-corrected chi connectivity index (χ2v) is 7.05. The van der Waals surface area contributed by atoms with Gasteiger partial charge in [-0.2, -0.15) is 4.37 Å². The van der Waals surface area contributed by atoms with E-state index in [1.54, 1.807) is 11.5 Å². The van der Waals surface area contributed by atoms with Crippen molar-refractivity contribution < 1.29 is 0 Å². The van der Waals surface area contributed by atoms with Gasteiger partial charge in [0.25, 0.3) is 0 Å². The van der Waals surface area contributed by atoms with E-state index in [1.807, 2.05) is 0 Å². The van der Waals surface area contributed by atoms with Gasteiger partial charge in [0, 0.05) is 11.3 Å². The smallest absolute Gasteiger partial charge is 0.0616 e. The Bertz CT molecular complexity index is 1000. The third-order valence-corrected chi connectivity index (χ3v) is 5.76. The van der Waals surface area contributed by atoms with Crippen LogP contribution in [0, 0.1) is 0 Å². The molecule has 0 fully saturated rings. The van der Waals surface area contributed by atoms with E-state index < -0.39 is 0 Å². The SMILES string of the molecule is c1ccc2c(c1)ccc1c3c(ccc12)C(c1ccsn1)CCC3. The number of nitrogens with zero attached hydrogens (tertiary/aromatic N) is 1. The van der Waals surface area contributed by atoms with Crippen molar-refractivity contribution in [2.75, 3.05) is 0 Å². The van der Waals surface area contributed by atoms with Gasteiger partial charge in [-0.3, -0.25) is 0 Å². The fraction of sp³-hybridized carbons (Fsp3) is 0.190. The summed E-state index contributed by atoms with van der Waals surface area (Å²) < 4.78 is 4.61. The fourth-order valence-electron chi connectivity index (χ4n) is 4.12. The zero-order valence-electron chi connectivity index (χ0n) is 12.8. The fourth-order valence-corrected chi connectivity index (χ4v) is 4.69. The van der Waals surface area contributed by atoms with Crippen LogP contribution in [0.2, 0.25) is 0 Å². The molecular formula is C21H17NS. The van der Waals surface area contributed by atoms with Gasteiger partial charge in [-0.05, 0) is 69.5 Å². The van der Waals surface area contributed by atoms with Crippen LogP contribution in [0.3, 0.4) is 0 Å². The van der Waals surface area contributed by atoms with Gasteiger partial charge < -0.3 is 0 Å². The molecule has 1 heterocycles. The molecule has 0 saturated carbocycles.